The fraction of sp³-hybridized carbons (Fsp3) is 0.137. The van der Waals surface area contributed by atoms with E-state index in [1.54, 1.807) is 6.08 Å². The van der Waals surface area contributed by atoms with E-state index in [1.807, 2.05) is 23.5 Å². The Morgan fingerprint density at radius 2 is 1.40 bits per heavy atom. The molecule has 0 spiro atoms. The summed E-state index contributed by atoms with van der Waals surface area (Å²) >= 11 is 1.90. The third-order valence-corrected chi connectivity index (χ3v) is 11.7. The molecule has 0 unspecified atom stereocenters. The van der Waals surface area contributed by atoms with E-state index in [2.05, 4.69) is 181 Å². The maximum absolute atomic E-state index is 4.40. The lowest BCUT2D eigenvalue weighted by Crippen LogP contribution is -2.15. The molecular formula is C51H46S. The van der Waals surface area contributed by atoms with Gasteiger partial charge < -0.3 is 0 Å². The number of hydrogen-bond donors (Lipinski definition) is 0. The van der Waals surface area contributed by atoms with E-state index in [4.69, 9.17) is 0 Å². The highest BCUT2D eigenvalue weighted by Crippen LogP contribution is 2.53. The van der Waals surface area contributed by atoms with Crippen LogP contribution in [-0.4, -0.2) is 0 Å². The molecule has 0 saturated carbocycles. The summed E-state index contributed by atoms with van der Waals surface area (Å²) in [4.78, 5) is 0. The molecule has 0 saturated heterocycles. The van der Waals surface area contributed by atoms with Crippen LogP contribution in [0.5, 0.6) is 0 Å². The SMILES string of the molecule is C=C/C=C\C(=C)c1ccccccc(/C(C)=C/C(=C\C)CC=C2/C(=C\C)C(C)(C)c3c2ccc2cc4c(cc32)sc2ccccc24)c2ccccc12. The van der Waals surface area contributed by atoms with Crippen LogP contribution in [0.2, 0.25) is 0 Å². The number of allylic oxidation sites excluding steroid dienone is 12. The van der Waals surface area contributed by atoms with Crippen LogP contribution >= 0.6 is 11.3 Å². The molecular weight excluding hydrogens is 645 g/mol. The van der Waals surface area contributed by atoms with Crippen molar-refractivity contribution < 1.29 is 0 Å². The van der Waals surface area contributed by atoms with E-state index in [0.29, 0.717) is 0 Å². The average Bonchev–Trinajstić information content (AvgIpc) is 3.62. The zero-order valence-electron chi connectivity index (χ0n) is 31.0. The number of fused-ring (bicyclic) bond motifs is 7. The minimum Gasteiger partial charge on any atom is -0.135 e. The number of thiophene rings is 1. The molecule has 0 aliphatic heterocycles. The van der Waals surface area contributed by atoms with Crippen LogP contribution < -0.4 is 0 Å². The van der Waals surface area contributed by atoms with E-state index in [-0.39, 0.29) is 5.41 Å². The van der Waals surface area contributed by atoms with E-state index >= 15 is 0 Å². The average molecular weight is 691 g/mol. The third-order valence-electron chi connectivity index (χ3n) is 10.6. The molecule has 0 N–H and O–H groups in total. The smallest absolute Gasteiger partial charge is 0.0361 e. The van der Waals surface area contributed by atoms with E-state index in [1.165, 1.54) is 75.3 Å². The highest BCUT2D eigenvalue weighted by molar-refractivity contribution is 7.25. The molecule has 1 aliphatic rings. The minimum atomic E-state index is -0.108. The molecule has 1 aromatic heterocycles. The van der Waals surface area contributed by atoms with Gasteiger partial charge in [-0.3, -0.25) is 0 Å². The van der Waals surface area contributed by atoms with Crippen LogP contribution in [0.3, 0.4) is 0 Å². The van der Waals surface area contributed by atoms with Gasteiger partial charge in [0.25, 0.3) is 0 Å². The summed E-state index contributed by atoms with van der Waals surface area (Å²) in [6.45, 7) is 19.6. The lowest BCUT2D eigenvalue weighted by molar-refractivity contribution is 0.665. The monoisotopic (exact) mass is 690 g/mol. The van der Waals surface area contributed by atoms with Gasteiger partial charge in [-0.25, -0.2) is 0 Å². The Morgan fingerprint density at radius 3 is 2.12 bits per heavy atom. The molecule has 0 amide bonds. The standard InChI is InChI=1S/C51H46S/c1-8-11-20-34(4)38-21-14-12-13-15-22-39(41-24-17-16-23-40(38)41)35(5)31-36(9-2)27-29-42-44-30-28-37-32-46-43-25-18-19-26-48(43)52-49(46)33-45(37)50(44)51(6,7)47(42)10-3/h8-26,28-33H,1,4,27H2,2-3,5-7H3/b13-12?,14-12?,15-13?,20-11-,21-14?,22-15?,35-31+,36-9-,38-21?,39-22?,40-38?,41-39?,42-29?,47-10+. The van der Waals surface area contributed by atoms with Gasteiger partial charge in [0.2, 0.25) is 0 Å². The maximum atomic E-state index is 4.40. The first-order valence-electron chi connectivity index (χ1n) is 18.2. The Morgan fingerprint density at radius 1 is 0.731 bits per heavy atom. The Hall–Kier alpha value is -5.50. The molecule has 0 nitrogen and oxygen atoms in total. The molecule has 0 fully saturated rings. The molecule has 0 atom stereocenters. The van der Waals surface area contributed by atoms with Crippen LogP contribution in [0, 0.1) is 0 Å². The van der Waals surface area contributed by atoms with Crippen molar-refractivity contribution in [3.8, 4) is 0 Å². The highest BCUT2D eigenvalue weighted by Gasteiger charge is 2.39. The van der Waals surface area contributed by atoms with Crippen molar-refractivity contribution in [2.75, 3.05) is 0 Å². The largest absolute Gasteiger partial charge is 0.135 e. The first kappa shape index (κ1) is 34.9. The van der Waals surface area contributed by atoms with Gasteiger partial charge in [0.1, 0.15) is 0 Å². The summed E-state index contributed by atoms with van der Waals surface area (Å²) in [5.41, 5.74) is 11.2. The molecule has 52 heavy (non-hydrogen) atoms. The van der Waals surface area contributed by atoms with Crippen LogP contribution in [0.1, 0.15) is 63.3 Å². The zero-order valence-corrected chi connectivity index (χ0v) is 31.8. The Balaban J connectivity index is 1.31. The summed E-state index contributed by atoms with van der Waals surface area (Å²) in [6.07, 6.45) is 16.0. The Labute approximate surface area is 313 Å². The van der Waals surface area contributed by atoms with Gasteiger partial charge in [-0.2, -0.15) is 0 Å². The first-order valence-corrected chi connectivity index (χ1v) is 19.0. The second-order valence-electron chi connectivity index (χ2n) is 14.1. The van der Waals surface area contributed by atoms with Gasteiger partial charge in [0.05, 0.1) is 0 Å². The maximum Gasteiger partial charge on any atom is 0.0361 e. The van der Waals surface area contributed by atoms with Crippen molar-refractivity contribution in [1.82, 2.24) is 0 Å². The van der Waals surface area contributed by atoms with Crippen molar-refractivity contribution in [3.63, 3.8) is 0 Å². The molecule has 0 radical (unpaired) electrons. The number of benzene rings is 4. The van der Waals surface area contributed by atoms with Crippen molar-refractivity contribution in [2.24, 2.45) is 0 Å². The summed E-state index contributed by atoms with van der Waals surface area (Å²) < 4.78 is 2.71. The Kier molecular flexibility index (Phi) is 9.82. The third kappa shape index (κ3) is 6.31. The quantitative estimate of drug-likeness (QED) is 0.146. The molecule has 6 aromatic rings. The van der Waals surface area contributed by atoms with Crippen molar-refractivity contribution >= 4 is 69.8 Å². The van der Waals surface area contributed by atoms with Gasteiger partial charge in [0.15, 0.2) is 0 Å². The topological polar surface area (TPSA) is 0 Å². The van der Waals surface area contributed by atoms with Crippen molar-refractivity contribution in [2.45, 2.75) is 46.5 Å². The molecule has 1 heteroatoms. The van der Waals surface area contributed by atoms with Crippen LogP contribution in [0.15, 0.2) is 176 Å². The first-order chi connectivity index (χ1) is 25.3. The number of rotatable bonds is 7. The predicted octanol–water partition coefficient (Wildman–Crippen LogP) is 15.3. The molecule has 1 aliphatic carbocycles. The summed E-state index contributed by atoms with van der Waals surface area (Å²) in [5, 5.41) is 7.73. The van der Waals surface area contributed by atoms with Gasteiger partial charge in [-0.1, -0.05) is 161 Å². The van der Waals surface area contributed by atoms with E-state index < -0.39 is 0 Å². The lowest BCUT2D eigenvalue weighted by atomic mass is 9.80. The van der Waals surface area contributed by atoms with Crippen LogP contribution in [-0.2, 0) is 5.41 Å². The van der Waals surface area contributed by atoms with E-state index in [0.717, 1.165) is 22.9 Å². The van der Waals surface area contributed by atoms with Crippen LogP contribution in [0.4, 0.5) is 0 Å². The van der Waals surface area contributed by atoms with Crippen molar-refractivity contribution in [3.05, 3.63) is 198 Å². The molecule has 0 bridgehead atoms. The fourth-order valence-electron chi connectivity index (χ4n) is 8.09. The molecule has 7 rings (SSSR count). The van der Waals surface area contributed by atoms with Crippen LogP contribution in [0.25, 0.3) is 58.4 Å². The normalized spacial score (nSPS) is 16.0. The lowest BCUT2D eigenvalue weighted by Gasteiger charge is -2.23. The highest BCUT2D eigenvalue weighted by atomic mass is 32.1. The number of hydrogen-bond acceptors (Lipinski definition) is 1. The molecule has 256 valence electrons. The van der Waals surface area contributed by atoms with Gasteiger partial charge >= 0.3 is 0 Å². The molecule has 5 aromatic carbocycles. The second kappa shape index (κ2) is 14.6. The van der Waals surface area contributed by atoms with Crippen molar-refractivity contribution in [1.29, 1.82) is 0 Å². The van der Waals surface area contributed by atoms with E-state index in [9.17, 15) is 0 Å². The molecule has 1 heterocycles. The van der Waals surface area contributed by atoms with Gasteiger partial charge in [-0.15, -0.1) is 11.3 Å². The Bertz CT molecular complexity index is 2620. The van der Waals surface area contributed by atoms with Gasteiger partial charge in [0, 0.05) is 25.6 Å². The summed E-state index contributed by atoms with van der Waals surface area (Å²) in [5.74, 6) is 0. The summed E-state index contributed by atoms with van der Waals surface area (Å²) in [7, 11) is 0. The zero-order chi connectivity index (χ0) is 36.4. The predicted molar refractivity (Wildman–Crippen MR) is 234 cm³/mol. The van der Waals surface area contributed by atoms with Gasteiger partial charge in [-0.05, 0) is 117 Å². The summed E-state index contributed by atoms with van der Waals surface area (Å²) in [6, 6.07) is 39.8. The minimum absolute atomic E-state index is 0.108. The second-order valence-corrected chi connectivity index (χ2v) is 15.2. The fourth-order valence-corrected chi connectivity index (χ4v) is 9.22.